The Morgan fingerprint density at radius 3 is 2.57 bits per heavy atom. The number of carbonyl (C=O) groups is 3. The Kier molecular flexibility index (Phi) is 4.17. The second-order valence-corrected chi connectivity index (χ2v) is 10.8. The third kappa shape index (κ3) is 2.26. The van der Waals surface area contributed by atoms with Gasteiger partial charge in [0.05, 0.1) is 18.6 Å². The van der Waals surface area contributed by atoms with E-state index < -0.39 is 22.5 Å². The van der Waals surface area contributed by atoms with Crippen LogP contribution in [0.25, 0.3) is 0 Å². The molecule has 30 heavy (non-hydrogen) atoms. The van der Waals surface area contributed by atoms with Crippen molar-refractivity contribution >= 4 is 17.7 Å². The number of fused-ring (bicyclic) bond motifs is 6. The van der Waals surface area contributed by atoms with Crippen LogP contribution in [-0.4, -0.2) is 41.1 Å². The number of methoxy groups -OCH3 is 1. The number of hydrogen-bond donors (Lipinski definition) is 1. The van der Waals surface area contributed by atoms with Crippen molar-refractivity contribution in [3.8, 4) is 0 Å². The molecule has 1 unspecified atom stereocenters. The Hall–Kier alpha value is -1.69. The van der Waals surface area contributed by atoms with Crippen molar-refractivity contribution < 1.29 is 29.0 Å². The lowest BCUT2D eigenvalue weighted by atomic mass is 9.42. The van der Waals surface area contributed by atoms with E-state index in [1.807, 2.05) is 0 Å². The number of ketones is 1. The van der Waals surface area contributed by atoms with E-state index in [1.54, 1.807) is 6.08 Å². The minimum absolute atomic E-state index is 0.0715. The number of aliphatic hydroxyl groups is 1. The Bertz CT molecular complexity index is 862. The van der Waals surface area contributed by atoms with Gasteiger partial charge in [-0.25, -0.2) is 0 Å². The molecule has 1 aliphatic heterocycles. The van der Waals surface area contributed by atoms with Gasteiger partial charge in [-0.3, -0.25) is 14.4 Å². The Balaban J connectivity index is 1.63. The molecule has 7 atom stereocenters. The van der Waals surface area contributed by atoms with E-state index in [1.165, 1.54) is 7.11 Å². The molecule has 0 aromatic rings. The van der Waals surface area contributed by atoms with Crippen LogP contribution >= 0.6 is 0 Å². The number of rotatable bonds is 1. The lowest BCUT2D eigenvalue weighted by Gasteiger charge is -2.64. The first-order chi connectivity index (χ1) is 14.1. The highest BCUT2D eigenvalue weighted by molar-refractivity contribution is 5.92. The van der Waals surface area contributed by atoms with Crippen molar-refractivity contribution in [2.45, 2.75) is 82.8 Å². The van der Waals surface area contributed by atoms with Crippen LogP contribution in [0, 0.1) is 28.6 Å². The molecule has 0 amide bonds. The zero-order valence-corrected chi connectivity index (χ0v) is 18.2. The van der Waals surface area contributed by atoms with Crippen molar-refractivity contribution in [2.24, 2.45) is 28.6 Å². The third-order valence-corrected chi connectivity index (χ3v) is 10.0. The van der Waals surface area contributed by atoms with Gasteiger partial charge in [0.1, 0.15) is 5.60 Å². The minimum Gasteiger partial charge on any atom is -0.469 e. The quantitative estimate of drug-likeness (QED) is 0.661. The van der Waals surface area contributed by atoms with Gasteiger partial charge >= 0.3 is 11.9 Å². The monoisotopic (exact) mass is 416 g/mol. The van der Waals surface area contributed by atoms with Gasteiger partial charge in [0, 0.05) is 29.6 Å². The van der Waals surface area contributed by atoms with E-state index in [0.29, 0.717) is 32.1 Å². The number of hydrogen-bond acceptors (Lipinski definition) is 6. The summed E-state index contributed by atoms with van der Waals surface area (Å²) in [7, 11) is 1.40. The summed E-state index contributed by atoms with van der Waals surface area (Å²) in [6.45, 7) is 4.28. The summed E-state index contributed by atoms with van der Waals surface area (Å²) in [6, 6.07) is 0. The molecule has 0 bridgehead atoms. The molecule has 6 nitrogen and oxygen atoms in total. The van der Waals surface area contributed by atoms with E-state index in [9.17, 15) is 19.5 Å². The molecule has 4 aliphatic carbocycles. The summed E-state index contributed by atoms with van der Waals surface area (Å²) < 4.78 is 11.2. The second-order valence-electron chi connectivity index (χ2n) is 10.8. The summed E-state index contributed by atoms with van der Waals surface area (Å²) in [6.07, 6.45) is 7.27. The van der Waals surface area contributed by atoms with E-state index >= 15 is 0 Å². The van der Waals surface area contributed by atoms with Gasteiger partial charge in [-0.15, -0.1) is 0 Å². The molecule has 1 heterocycles. The summed E-state index contributed by atoms with van der Waals surface area (Å²) in [4.78, 5) is 37.2. The van der Waals surface area contributed by atoms with Crippen LogP contribution in [0.5, 0.6) is 0 Å². The second kappa shape index (κ2) is 6.18. The highest BCUT2D eigenvalue weighted by Gasteiger charge is 2.73. The van der Waals surface area contributed by atoms with E-state index in [2.05, 4.69) is 13.8 Å². The van der Waals surface area contributed by atoms with Crippen LogP contribution in [0.3, 0.4) is 0 Å². The normalized spacial score (nSPS) is 49.7. The van der Waals surface area contributed by atoms with Crippen molar-refractivity contribution in [1.82, 2.24) is 0 Å². The first kappa shape index (κ1) is 20.2. The summed E-state index contributed by atoms with van der Waals surface area (Å²) in [5.74, 6) is -1.05. The van der Waals surface area contributed by atoms with Gasteiger partial charge in [-0.2, -0.15) is 0 Å². The van der Waals surface area contributed by atoms with Crippen molar-refractivity contribution in [1.29, 1.82) is 0 Å². The Labute approximate surface area is 177 Å². The minimum atomic E-state index is -1.07. The fourth-order valence-corrected chi connectivity index (χ4v) is 8.21. The predicted molar refractivity (Wildman–Crippen MR) is 107 cm³/mol. The maximum atomic E-state index is 13.0. The summed E-state index contributed by atoms with van der Waals surface area (Å²) in [5.41, 5.74) is -1.42. The molecular weight excluding hydrogens is 384 g/mol. The molecule has 5 rings (SSSR count). The molecular formula is C24H32O6. The first-order valence-corrected chi connectivity index (χ1v) is 11.4. The molecule has 1 N–H and O–H groups in total. The molecule has 164 valence electrons. The first-order valence-electron chi connectivity index (χ1n) is 11.4. The molecule has 3 saturated carbocycles. The van der Waals surface area contributed by atoms with Gasteiger partial charge in [0.15, 0.2) is 5.78 Å². The lowest BCUT2D eigenvalue weighted by Crippen LogP contribution is -2.67. The van der Waals surface area contributed by atoms with Gasteiger partial charge in [-0.05, 0) is 56.9 Å². The number of carbonyl (C=O) groups excluding carboxylic acids is 3. The molecule has 6 heteroatoms. The zero-order valence-electron chi connectivity index (χ0n) is 18.2. The zero-order chi connectivity index (χ0) is 21.5. The smallest absolute Gasteiger partial charge is 0.309 e. The van der Waals surface area contributed by atoms with Gasteiger partial charge in [0.25, 0.3) is 0 Å². The van der Waals surface area contributed by atoms with Crippen molar-refractivity contribution in [2.75, 3.05) is 7.11 Å². The molecule has 4 fully saturated rings. The molecule has 1 saturated heterocycles. The van der Waals surface area contributed by atoms with Gasteiger partial charge < -0.3 is 14.6 Å². The van der Waals surface area contributed by atoms with E-state index in [0.717, 1.165) is 31.3 Å². The van der Waals surface area contributed by atoms with Crippen LogP contribution in [0.2, 0.25) is 0 Å². The van der Waals surface area contributed by atoms with Crippen molar-refractivity contribution in [3.05, 3.63) is 11.6 Å². The van der Waals surface area contributed by atoms with Crippen LogP contribution in [-0.2, 0) is 23.9 Å². The highest BCUT2D eigenvalue weighted by Crippen LogP contribution is 2.71. The average molecular weight is 417 g/mol. The fraction of sp³-hybridized carbons (Fsp3) is 0.792. The summed E-state index contributed by atoms with van der Waals surface area (Å²) >= 11 is 0. The highest BCUT2D eigenvalue weighted by atomic mass is 16.6. The number of esters is 2. The van der Waals surface area contributed by atoms with Crippen LogP contribution in [0.1, 0.15) is 71.6 Å². The third-order valence-electron chi connectivity index (χ3n) is 10.0. The number of ether oxygens (including phenoxy) is 2. The maximum absolute atomic E-state index is 13.0. The topological polar surface area (TPSA) is 89.9 Å². The van der Waals surface area contributed by atoms with Gasteiger partial charge in [-0.1, -0.05) is 19.4 Å². The molecule has 0 aromatic carbocycles. The standard InChI is InChI=1S/C24H32O6/c1-21-7-4-15(25)12-14(21)13-16(20(27)29-3)19-17-5-8-23(9-6-18(26)30-23)22(17,2)10-11-24(19,21)28/h12,16-17,19,28H,4-11,13H2,1-3H3/t16?,17-,19-,21-,22-,23+,24+/m0/s1. The lowest BCUT2D eigenvalue weighted by molar-refractivity contribution is -0.229. The van der Waals surface area contributed by atoms with Crippen LogP contribution < -0.4 is 0 Å². The SMILES string of the molecule is COC(=O)C1CC2=CC(=O)CC[C@]2(C)[C@@]2(O)CC[C@@]3(C)[C@@H](CC[C@@]34CCC(=O)O4)[C@H]12. The molecule has 1 spiro atoms. The maximum Gasteiger partial charge on any atom is 0.309 e. The predicted octanol–water partition coefficient (Wildman–Crippen LogP) is 3.11. The van der Waals surface area contributed by atoms with Gasteiger partial charge in [0.2, 0.25) is 0 Å². The largest absolute Gasteiger partial charge is 0.469 e. The average Bonchev–Trinajstić information content (AvgIpc) is 3.23. The molecule has 0 radical (unpaired) electrons. The summed E-state index contributed by atoms with van der Waals surface area (Å²) in [5, 5.41) is 12.3. The van der Waals surface area contributed by atoms with E-state index in [-0.39, 0.29) is 35.0 Å². The van der Waals surface area contributed by atoms with Crippen molar-refractivity contribution in [3.63, 3.8) is 0 Å². The Morgan fingerprint density at radius 1 is 1.13 bits per heavy atom. The van der Waals surface area contributed by atoms with E-state index in [4.69, 9.17) is 9.47 Å². The van der Waals surface area contributed by atoms with Crippen LogP contribution in [0.4, 0.5) is 0 Å². The molecule has 0 aromatic heterocycles. The fourth-order valence-electron chi connectivity index (χ4n) is 8.21. The Morgan fingerprint density at radius 2 is 1.90 bits per heavy atom. The molecule has 5 aliphatic rings. The van der Waals surface area contributed by atoms with Crippen LogP contribution in [0.15, 0.2) is 11.6 Å².